The molecule has 6 heteroatoms. The first kappa shape index (κ1) is 14.9. The van der Waals surface area contributed by atoms with Crippen LogP contribution in [0.3, 0.4) is 0 Å². The van der Waals surface area contributed by atoms with E-state index >= 15 is 0 Å². The molecule has 0 aliphatic rings. The molecule has 0 fully saturated rings. The Morgan fingerprint density at radius 2 is 2.11 bits per heavy atom. The maximum Gasteiger partial charge on any atom is 0.292 e. The number of nitrogens with zero attached hydrogens (tertiary/aromatic N) is 2. The van der Waals surface area contributed by atoms with Gasteiger partial charge in [0.15, 0.2) is 0 Å². The molecule has 0 aliphatic carbocycles. The molecule has 0 bridgehead atoms. The quantitative estimate of drug-likeness (QED) is 0.605. The van der Waals surface area contributed by atoms with Gasteiger partial charge in [0.05, 0.1) is 16.6 Å². The molecule has 0 saturated heterocycles. The topological polar surface area (TPSA) is 105 Å². The number of benzene rings is 1. The fourth-order valence-corrected chi connectivity index (χ4v) is 1.92. The first-order valence-corrected chi connectivity index (χ1v) is 6.18. The molecule has 1 rings (SSSR count). The lowest BCUT2D eigenvalue weighted by atomic mass is 9.92. The van der Waals surface area contributed by atoms with E-state index in [1.54, 1.807) is 0 Å². The third-order valence-electron chi connectivity index (χ3n) is 3.47. The van der Waals surface area contributed by atoms with E-state index in [-0.39, 0.29) is 5.69 Å². The Morgan fingerprint density at radius 3 is 2.53 bits per heavy atom. The van der Waals surface area contributed by atoms with E-state index in [1.807, 2.05) is 19.9 Å². The summed E-state index contributed by atoms with van der Waals surface area (Å²) in [6.45, 7) is 4.32. The summed E-state index contributed by atoms with van der Waals surface area (Å²) < 4.78 is 0. The molecule has 6 nitrogen and oxygen atoms in total. The van der Waals surface area contributed by atoms with Gasteiger partial charge < -0.3 is 11.1 Å². The Balaban J connectivity index is 3.24. The fourth-order valence-electron chi connectivity index (χ4n) is 1.92. The van der Waals surface area contributed by atoms with Gasteiger partial charge >= 0.3 is 0 Å². The molecule has 0 atom stereocenters. The average Bonchev–Trinajstić information content (AvgIpc) is 2.44. The molecule has 0 heterocycles. The molecule has 0 spiro atoms. The maximum absolute atomic E-state index is 11.0. The minimum absolute atomic E-state index is 0.0428. The van der Waals surface area contributed by atoms with Crippen LogP contribution in [0.4, 0.5) is 11.4 Å². The largest absolute Gasteiger partial charge is 0.373 e. The van der Waals surface area contributed by atoms with Crippen molar-refractivity contribution in [3.8, 4) is 6.07 Å². The van der Waals surface area contributed by atoms with Crippen molar-refractivity contribution in [3.63, 3.8) is 0 Å². The van der Waals surface area contributed by atoms with E-state index in [2.05, 4.69) is 5.32 Å². The van der Waals surface area contributed by atoms with Crippen LogP contribution in [0.2, 0.25) is 0 Å². The van der Waals surface area contributed by atoms with Crippen molar-refractivity contribution in [2.24, 2.45) is 5.73 Å². The number of anilines is 1. The second kappa shape index (κ2) is 6.16. The number of hydrogen-bond acceptors (Lipinski definition) is 5. The van der Waals surface area contributed by atoms with Gasteiger partial charge in [-0.2, -0.15) is 5.26 Å². The maximum atomic E-state index is 11.0. The Kier molecular flexibility index (Phi) is 4.84. The molecule has 0 aromatic heterocycles. The van der Waals surface area contributed by atoms with Crippen LogP contribution in [-0.2, 0) is 0 Å². The van der Waals surface area contributed by atoms with Crippen LogP contribution in [0.5, 0.6) is 0 Å². The summed E-state index contributed by atoms with van der Waals surface area (Å²) in [4.78, 5) is 10.6. The summed E-state index contributed by atoms with van der Waals surface area (Å²) in [6.07, 6.45) is 1.49. The molecule has 0 amide bonds. The highest BCUT2D eigenvalue weighted by atomic mass is 16.6. The van der Waals surface area contributed by atoms with Gasteiger partial charge in [0, 0.05) is 18.2 Å². The van der Waals surface area contributed by atoms with Gasteiger partial charge in [-0.05, 0) is 25.0 Å². The normalized spacial score (nSPS) is 10.8. The number of nitrogens with two attached hydrogens (primary N) is 1. The summed E-state index contributed by atoms with van der Waals surface area (Å²) in [5, 5.41) is 23.1. The first-order chi connectivity index (χ1) is 9.01. The van der Waals surface area contributed by atoms with E-state index in [0.717, 1.165) is 12.8 Å². The number of nitro groups is 1. The van der Waals surface area contributed by atoms with E-state index in [4.69, 9.17) is 11.0 Å². The highest BCUT2D eigenvalue weighted by Crippen LogP contribution is 2.30. The Hall–Kier alpha value is -2.13. The van der Waals surface area contributed by atoms with Gasteiger partial charge in [-0.25, -0.2) is 0 Å². The smallest absolute Gasteiger partial charge is 0.292 e. The van der Waals surface area contributed by atoms with Crippen LogP contribution >= 0.6 is 0 Å². The van der Waals surface area contributed by atoms with Crippen LogP contribution in [0.15, 0.2) is 18.2 Å². The lowest BCUT2D eigenvalue weighted by molar-refractivity contribution is -0.384. The SMILES string of the molecule is CCC(CC)(CN)Nc1cc(C#N)ccc1[N+](=O)[O-]. The average molecular weight is 262 g/mol. The zero-order chi connectivity index (χ0) is 14.5. The second-order valence-corrected chi connectivity index (χ2v) is 4.42. The van der Waals surface area contributed by atoms with Crippen molar-refractivity contribution in [1.29, 1.82) is 5.26 Å². The summed E-state index contributed by atoms with van der Waals surface area (Å²) in [5.41, 5.74) is 6.07. The summed E-state index contributed by atoms with van der Waals surface area (Å²) in [5.74, 6) is 0. The van der Waals surface area contributed by atoms with Crippen molar-refractivity contribution in [2.45, 2.75) is 32.2 Å². The Labute approximate surface area is 112 Å². The zero-order valence-electron chi connectivity index (χ0n) is 11.1. The highest BCUT2D eigenvalue weighted by Gasteiger charge is 2.27. The molecule has 0 saturated carbocycles. The fraction of sp³-hybridized carbons (Fsp3) is 0.462. The monoisotopic (exact) mass is 262 g/mol. The summed E-state index contributed by atoms with van der Waals surface area (Å²) in [6, 6.07) is 6.25. The van der Waals surface area contributed by atoms with Crippen molar-refractivity contribution in [1.82, 2.24) is 0 Å². The second-order valence-electron chi connectivity index (χ2n) is 4.42. The zero-order valence-corrected chi connectivity index (χ0v) is 11.1. The Bertz CT molecular complexity index is 496. The van der Waals surface area contributed by atoms with E-state index in [9.17, 15) is 10.1 Å². The van der Waals surface area contributed by atoms with E-state index < -0.39 is 10.5 Å². The van der Waals surface area contributed by atoms with Gasteiger partial charge in [-0.1, -0.05) is 13.8 Å². The molecular formula is C13H18N4O2. The molecule has 1 aromatic rings. The number of nitrogens with one attached hydrogen (secondary N) is 1. The summed E-state index contributed by atoms with van der Waals surface area (Å²) >= 11 is 0. The van der Waals surface area contributed by atoms with Crippen molar-refractivity contribution in [2.75, 3.05) is 11.9 Å². The minimum Gasteiger partial charge on any atom is -0.373 e. The van der Waals surface area contributed by atoms with Crippen LogP contribution in [0.1, 0.15) is 32.3 Å². The molecular weight excluding hydrogens is 244 g/mol. The third kappa shape index (κ3) is 3.20. The first-order valence-electron chi connectivity index (χ1n) is 6.18. The molecule has 102 valence electrons. The van der Waals surface area contributed by atoms with Gasteiger partial charge in [0.2, 0.25) is 0 Å². The molecule has 0 radical (unpaired) electrons. The highest BCUT2D eigenvalue weighted by molar-refractivity contribution is 5.65. The lowest BCUT2D eigenvalue weighted by Gasteiger charge is -2.32. The minimum atomic E-state index is -0.462. The number of rotatable bonds is 6. The van der Waals surface area contributed by atoms with Crippen LogP contribution in [0.25, 0.3) is 0 Å². The van der Waals surface area contributed by atoms with Crippen LogP contribution in [-0.4, -0.2) is 17.0 Å². The number of hydrogen-bond donors (Lipinski definition) is 2. The third-order valence-corrected chi connectivity index (χ3v) is 3.47. The predicted octanol–water partition coefficient (Wildman–Crippen LogP) is 2.40. The van der Waals surface area contributed by atoms with Crippen LogP contribution in [0, 0.1) is 21.4 Å². The molecule has 3 N–H and O–H groups in total. The van der Waals surface area contributed by atoms with E-state index in [0.29, 0.717) is 17.8 Å². The molecule has 19 heavy (non-hydrogen) atoms. The van der Waals surface area contributed by atoms with Crippen molar-refractivity contribution >= 4 is 11.4 Å². The van der Waals surface area contributed by atoms with Gasteiger partial charge in [-0.3, -0.25) is 10.1 Å². The van der Waals surface area contributed by atoms with Crippen molar-refractivity contribution in [3.05, 3.63) is 33.9 Å². The number of nitro benzene ring substituents is 1. The van der Waals surface area contributed by atoms with Crippen LogP contribution < -0.4 is 11.1 Å². The Morgan fingerprint density at radius 1 is 1.47 bits per heavy atom. The predicted molar refractivity (Wildman–Crippen MR) is 73.8 cm³/mol. The summed E-state index contributed by atoms with van der Waals surface area (Å²) in [7, 11) is 0. The van der Waals surface area contributed by atoms with E-state index in [1.165, 1.54) is 18.2 Å². The van der Waals surface area contributed by atoms with Gasteiger partial charge in [-0.15, -0.1) is 0 Å². The number of nitriles is 1. The standard InChI is InChI=1S/C13H18N4O2/c1-3-13(4-2,9-15)16-11-7-10(8-14)5-6-12(11)17(18)19/h5-7,16H,3-4,9,15H2,1-2H3. The van der Waals surface area contributed by atoms with Crippen molar-refractivity contribution < 1.29 is 4.92 Å². The van der Waals surface area contributed by atoms with Gasteiger partial charge in [0.1, 0.15) is 5.69 Å². The van der Waals surface area contributed by atoms with Gasteiger partial charge in [0.25, 0.3) is 5.69 Å². The lowest BCUT2D eigenvalue weighted by Crippen LogP contribution is -2.44. The molecule has 0 aliphatic heterocycles. The molecule has 0 unspecified atom stereocenters. The molecule has 1 aromatic carbocycles.